The maximum atomic E-state index is 12.8. The maximum Gasteiger partial charge on any atom is 0.261 e. The van der Waals surface area contributed by atoms with Crippen LogP contribution in [0.15, 0.2) is 42.5 Å². The van der Waals surface area contributed by atoms with E-state index in [1.54, 1.807) is 0 Å². The van der Waals surface area contributed by atoms with Gasteiger partial charge in [-0.25, -0.2) is 0 Å². The lowest BCUT2D eigenvalue weighted by molar-refractivity contribution is -0.133. The van der Waals surface area contributed by atoms with Crippen molar-refractivity contribution in [1.29, 1.82) is 0 Å². The molecule has 0 saturated heterocycles. The second-order valence-electron chi connectivity index (χ2n) is 8.66. The largest absolute Gasteiger partial charge is 0.481 e. The van der Waals surface area contributed by atoms with Crippen molar-refractivity contribution < 1.29 is 14.3 Å². The Morgan fingerprint density at radius 1 is 1.13 bits per heavy atom. The summed E-state index contributed by atoms with van der Waals surface area (Å²) in [6.07, 6.45) is 3.52. The summed E-state index contributed by atoms with van der Waals surface area (Å²) >= 11 is 0. The number of rotatable bonds is 7. The van der Waals surface area contributed by atoms with Gasteiger partial charge in [-0.1, -0.05) is 49.7 Å². The molecule has 0 spiro atoms. The van der Waals surface area contributed by atoms with Gasteiger partial charge in [-0.15, -0.1) is 0 Å². The van der Waals surface area contributed by atoms with Crippen LogP contribution in [0.5, 0.6) is 5.75 Å². The highest BCUT2D eigenvalue weighted by Gasteiger charge is 2.32. The van der Waals surface area contributed by atoms with Gasteiger partial charge in [0.15, 0.2) is 6.10 Å². The van der Waals surface area contributed by atoms with Gasteiger partial charge in [0.05, 0.1) is 6.04 Å². The quantitative estimate of drug-likeness (QED) is 0.726. The molecule has 4 rings (SSSR count). The summed E-state index contributed by atoms with van der Waals surface area (Å²) in [4.78, 5) is 27.3. The molecule has 2 aromatic rings. The van der Waals surface area contributed by atoms with Crippen molar-refractivity contribution in [2.75, 3.05) is 6.54 Å². The SMILES string of the molecule is CCC(=O)N1CCc2ccc(O[C@H](CC)C(=O)NC3CC3)cc2[C@H]1c1ccc(C)cc1. The van der Waals surface area contributed by atoms with E-state index >= 15 is 0 Å². The number of hydrogen-bond acceptors (Lipinski definition) is 3. The van der Waals surface area contributed by atoms with E-state index in [0.29, 0.717) is 31.2 Å². The summed E-state index contributed by atoms with van der Waals surface area (Å²) in [5.41, 5.74) is 4.61. The van der Waals surface area contributed by atoms with E-state index in [9.17, 15) is 9.59 Å². The summed E-state index contributed by atoms with van der Waals surface area (Å²) in [5.74, 6) is 0.790. The molecule has 1 aliphatic carbocycles. The topological polar surface area (TPSA) is 58.6 Å². The number of amides is 2. The van der Waals surface area contributed by atoms with Crippen LogP contribution in [-0.4, -0.2) is 35.4 Å². The highest BCUT2D eigenvalue weighted by atomic mass is 16.5. The van der Waals surface area contributed by atoms with Crippen molar-refractivity contribution >= 4 is 11.8 Å². The molecule has 164 valence electrons. The number of ether oxygens (including phenoxy) is 1. The highest BCUT2D eigenvalue weighted by molar-refractivity contribution is 5.81. The molecule has 1 saturated carbocycles. The van der Waals surface area contributed by atoms with Gasteiger partial charge in [-0.3, -0.25) is 9.59 Å². The Balaban J connectivity index is 1.65. The lowest BCUT2D eigenvalue weighted by Crippen LogP contribution is -2.40. The lowest BCUT2D eigenvalue weighted by atomic mass is 9.87. The molecule has 0 aromatic heterocycles. The fourth-order valence-electron chi connectivity index (χ4n) is 4.25. The van der Waals surface area contributed by atoms with E-state index in [4.69, 9.17) is 4.74 Å². The average Bonchev–Trinajstić information content (AvgIpc) is 3.60. The minimum Gasteiger partial charge on any atom is -0.481 e. The van der Waals surface area contributed by atoms with Crippen molar-refractivity contribution in [3.8, 4) is 5.75 Å². The molecule has 2 aliphatic rings. The predicted molar refractivity (Wildman–Crippen MR) is 121 cm³/mol. The molecule has 31 heavy (non-hydrogen) atoms. The number of carbonyl (C=O) groups excluding carboxylic acids is 2. The van der Waals surface area contributed by atoms with E-state index < -0.39 is 6.10 Å². The van der Waals surface area contributed by atoms with Gasteiger partial charge in [0.25, 0.3) is 5.91 Å². The number of carbonyl (C=O) groups is 2. The van der Waals surface area contributed by atoms with Gasteiger partial charge in [-0.05, 0) is 61.4 Å². The zero-order chi connectivity index (χ0) is 22.0. The number of fused-ring (bicyclic) bond motifs is 1. The Kier molecular flexibility index (Phi) is 6.30. The van der Waals surface area contributed by atoms with Crippen LogP contribution >= 0.6 is 0 Å². The Hall–Kier alpha value is -2.82. The van der Waals surface area contributed by atoms with Gasteiger partial charge in [0.2, 0.25) is 5.91 Å². The highest BCUT2D eigenvalue weighted by Crippen LogP contribution is 2.38. The monoisotopic (exact) mass is 420 g/mol. The van der Waals surface area contributed by atoms with Crippen molar-refractivity contribution in [3.05, 3.63) is 64.7 Å². The van der Waals surface area contributed by atoms with Crippen LogP contribution in [0.4, 0.5) is 0 Å². The third kappa shape index (κ3) is 4.76. The van der Waals surface area contributed by atoms with Crippen molar-refractivity contribution in [1.82, 2.24) is 10.2 Å². The van der Waals surface area contributed by atoms with E-state index in [-0.39, 0.29) is 17.9 Å². The van der Waals surface area contributed by atoms with Gasteiger partial charge >= 0.3 is 0 Å². The predicted octanol–water partition coefficient (Wildman–Crippen LogP) is 4.32. The molecule has 2 aromatic carbocycles. The molecule has 0 radical (unpaired) electrons. The van der Waals surface area contributed by atoms with E-state index in [2.05, 4.69) is 42.6 Å². The molecule has 1 fully saturated rings. The smallest absolute Gasteiger partial charge is 0.261 e. The Morgan fingerprint density at radius 2 is 1.87 bits per heavy atom. The summed E-state index contributed by atoms with van der Waals surface area (Å²) in [6.45, 7) is 6.65. The Labute approximate surface area is 184 Å². The van der Waals surface area contributed by atoms with Gasteiger partial charge in [-0.2, -0.15) is 0 Å². The lowest BCUT2D eigenvalue weighted by Gasteiger charge is -2.38. The molecule has 2 atom stereocenters. The van der Waals surface area contributed by atoms with Crippen LogP contribution in [0, 0.1) is 6.92 Å². The van der Waals surface area contributed by atoms with E-state index in [1.165, 1.54) is 11.1 Å². The third-order valence-corrected chi connectivity index (χ3v) is 6.23. The average molecular weight is 421 g/mol. The molecule has 5 heteroatoms. The molecular formula is C26H32N2O3. The zero-order valence-corrected chi connectivity index (χ0v) is 18.7. The molecule has 1 heterocycles. The number of aryl methyl sites for hydroxylation is 1. The van der Waals surface area contributed by atoms with Gasteiger partial charge in [0, 0.05) is 19.0 Å². The first kappa shape index (κ1) is 21.4. The fourth-order valence-corrected chi connectivity index (χ4v) is 4.25. The Morgan fingerprint density at radius 3 is 2.52 bits per heavy atom. The number of benzene rings is 2. The van der Waals surface area contributed by atoms with Crippen molar-refractivity contribution in [3.63, 3.8) is 0 Å². The molecule has 1 N–H and O–H groups in total. The first-order valence-electron chi connectivity index (χ1n) is 11.5. The minimum absolute atomic E-state index is 0.0411. The summed E-state index contributed by atoms with van der Waals surface area (Å²) < 4.78 is 6.13. The molecule has 2 amide bonds. The zero-order valence-electron chi connectivity index (χ0n) is 18.7. The summed E-state index contributed by atoms with van der Waals surface area (Å²) in [6, 6.07) is 14.6. The maximum absolute atomic E-state index is 12.8. The van der Waals surface area contributed by atoms with Crippen LogP contribution < -0.4 is 10.1 Å². The van der Waals surface area contributed by atoms with Crippen molar-refractivity contribution in [2.45, 2.75) is 71.1 Å². The molecular weight excluding hydrogens is 388 g/mol. The van der Waals surface area contributed by atoms with Crippen LogP contribution in [0.2, 0.25) is 0 Å². The number of nitrogens with zero attached hydrogens (tertiary/aromatic N) is 1. The fraction of sp³-hybridized carbons (Fsp3) is 0.462. The van der Waals surface area contributed by atoms with Crippen molar-refractivity contribution in [2.24, 2.45) is 0 Å². The Bertz CT molecular complexity index is 950. The second kappa shape index (κ2) is 9.13. The number of nitrogens with one attached hydrogen (secondary N) is 1. The standard InChI is InChI=1S/C26H32N2O3/c1-4-23(26(30)27-20-11-12-20)31-21-13-10-18-14-15-28(24(29)5-2)25(22(18)16-21)19-8-6-17(3)7-9-19/h6-10,13,16,20,23,25H,4-5,11-12,14-15H2,1-3H3,(H,27,30)/t23-,25-/m1/s1. The van der Waals surface area contributed by atoms with E-state index in [0.717, 1.165) is 30.4 Å². The first-order chi connectivity index (χ1) is 15.0. The summed E-state index contributed by atoms with van der Waals surface area (Å²) in [7, 11) is 0. The molecule has 0 unspecified atom stereocenters. The van der Waals surface area contributed by atoms with E-state index in [1.807, 2.05) is 30.9 Å². The first-order valence-corrected chi connectivity index (χ1v) is 11.5. The van der Waals surface area contributed by atoms with Crippen LogP contribution in [-0.2, 0) is 16.0 Å². The van der Waals surface area contributed by atoms with Gasteiger partial charge < -0.3 is 15.0 Å². The number of hydrogen-bond donors (Lipinski definition) is 1. The summed E-state index contributed by atoms with van der Waals surface area (Å²) in [5, 5.41) is 3.04. The normalized spacial score (nSPS) is 18.8. The molecule has 5 nitrogen and oxygen atoms in total. The van der Waals surface area contributed by atoms with Crippen LogP contribution in [0.3, 0.4) is 0 Å². The molecule has 1 aliphatic heterocycles. The van der Waals surface area contributed by atoms with Gasteiger partial charge in [0.1, 0.15) is 5.75 Å². The van der Waals surface area contributed by atoms with Crippen LogP contribution in [0.25, 0.3) is 0 Å². The second-order valence-corrected chi connectivity index (χ2v) is 8.66. The minimum atomic E-state index is -0.506. The third-order valence-electron chi connectivity index (χ3n) is 6.23. The van der Waals surface area contributed by atoms with Crippen LogP contribution in [0.1, 0.15) is 67.8 Å². The molecule has 0 bridgehead atoms.